The van der Waals surface area contributed by atoms with Crippen molar-refractivity contribution in [3.8, 4) is 0 Å². The van der Waals surface area contributed by atoms with E-state index in [1.54, 1.807) is 0 Å². The van der Waals surface area contributed by atoms with Crippen LogP contribution in [-0.2, 0) is 18.4 Å². The molecule has 112 valence electrons. The van der Waals surface area contributed by atoms with Crippen molar-refractivity contribution >= 4 is 30.1 Å². The summed E-state index contributed by atoms with van der Waals surface area (Å²) in [4.78, 5) is 58.0. The van der Waals surface area contributed by atoms with Crippen LogP contribution >= 0.6 is 0 Å². The van der Waals surface area contributed by atoms with Gasteiger partial charge in [0.05, 0.1) is 6.61 Å². The average molecular weight is 314 g/mol. The van der Waals surface area contributed by atoms with E-state index in [9.17, 15) is 28.8 Å². The molecule has 0 fully saturated rings. The van der Waals surface area contributed by atoms with Gasteiger partial charge in [0.15, 0.2) is 0 Å². The lowest BCUT2D eigenvalue weighted by atomic mass is 10.3. The molecule has 11 heteroatoms. The Morgan fingerprint density at radius 2 is 1.58 bits per heavy atom. The van der Waals surface area contributed by atoms with Gasteiger partial charge in [0.2, 0.25) is 0 Å². The second kappa shape index (κ2) is 8.37. The molecular weight excluding hydrogens is 296 g/mol. The highest BCUT2D eigenvalue weighted by Gasteiger charge is 2.44. The van der Waals surface area contributed by atoms with E-state index < -0.39 is 23.6 Å². The van der Waals surface area contributed by atoms with Crippen LogP contribution in [0.2, 0.25) is 12.1 Å². The molecule has 0 aromatic carbocycles. The van der Waals surface area contributed by atoms with Gasteiger partial charge < -0.3 is 33.1 Å². The molecule has 0 atom stereocenters. The minimum atomic E-state index is -4.29. The Balaban J connectivity index is 4.06. The lowest BCUT2D eigenvalue weighted by Gasteiger charge is -2.25. The number of carbonyl (C=O) groups excluding carboxylic acids is 1. The third kappa shape index (κ3) is 10.8. The summed E-state index contributed by atoms with van der Waals surface area (Å²) in [6.07, 6.45) is -0.192. The van der Waals surface area contributed by atoms with Crippen LogP contribution in [0.4, 0.5) is 0 Å². The van der Waals surface area contributed by atoms with E-state index in [4.69, 9.17) is 5.11 Å². The van der Waals surface area contributed by atoms with Gasteiger partial charge in [0, 0.05) is 18.5 Å². The fourth-order valence-electron chi connectivity index (χ4n) is 1.27. The van der Waals surface area contributed by atoms with E-state index in [0.717, 1.165) is 0 Å². The van der Waals surface area contributed by atoms with E-state index in [2.05, 4.69) is 8.85 Å². The summed E-state index contributed by atoms with van der Waals surface area (Å²) >= 11 is 0. The molecule has 9 nitrogen and oxygen atoms in total. The third-order valence-corrected chi connectivity index (χ3v) is 6.68. The molecule has 0 aliphatic rings. The Hall–Kier alpha value is -0.826. The first-order valence-electron chi connectivity index (χ1n) is 5.55. The third-order valence-electron chi connectivity index (χ3n) is 2.05. The van der Waals surface area contributed by atoms with Crippen molar-refractivity contribution in [2.45, 2.75) is 31.4 Å². The smallest absolute Gasteiger partial charge is 0.481 e. The maximum absolute atomic E-state index is 10.3. The minimum Gasteiger partial charge on any atom is -0.481 e. The predicted octanol–water partition coefficient (Wildman–Crippen LogP) is -1.72. The molecule has 0 saturated heterocycles. The molecule has 0 heterocycles. The summed E-state index contributed by atoms with van der Waals surface area (Å²) in [7, 11) is -8.53. The van der Waals surface area contributed by atoms with Gasteiger partial charge in [-0.15, -0.1) is 0 Å². The highest BCUT2D eigenvalue weighted by atomic mass is 28.5. The van der Waals surface area contributed by atoms with Gasteiger partial charge >= 0.3 is 23.6 Å². The van der Waals surface area contributed by atoms with Crippen LogP contribution in [0.3, 0.4) is 0 Å². The molecule has 5 N–H and O–H groups in total. The van der Waals surface area contributed by atoms with Gasteiger partial charge in [0.25, 0.3) is 6.47 Å². The van der Waals surface area contributed by atoms with Crippen LogP contribution in [0.25, 0.3) is 0 Å². The van der Waals surface area contributed by atoms with Crippen LogP contribution in [0.5, 0.6) is 0 Å². The first-order valence-corrected chi connectivity index (χ1v) is 9.57. The molecule has 0 bridgehead atoms. The maximum Gasteiger partial charge on any atom is 0.488 e. The molecular formula is C8H18O9Si2. The number of hydrogen-bond donors (Lipinski definition) is 5. The first-order chi connectivity index (χ1) is 8.68. The molecule has 0 unspecified atom stereocenters. The number of carboxylic acids is 1. The zero-order chi connectivity index (χ0) is 14.9. The SMILES string of the molecule is O=COCCC[Si](O)(O)O[Si](O)(O)CCCC(=O)O. The monoisotopic (exact) mass is 314 g/mol. The fraction of sp³-hybridized carbons (Fsp3) is 0.750. The largest absolute Gasteiger partial charge is 0.488 e. The van der Waals surface area contributed by atoms with Crippen molar-refractivity contribution in [1.29, 1.82) is 0 Å². The number of hydrogen-bond acceptors (Lipinski definition) is 8. The molecule has 0 aromatic rings. The highest BCUT2D eigenvalue weighted by Crippen LogP contribution is 2.17. The minimum absolute atomic E-state index is 0.0344. The summed E-state index contributed by atoms with van der Waals surface area (Å²) in [6, 6.07) is -0.588. The second-order valence-corrected chi connectivity index (χ2v) is 8.70. The highest BCUT2D eigenvalue weighted by molar-refractivity contribution is 6.72. The fourth-order valence-corrected chi connectivity index (χ4v) is 5.42. The number of aliphatic carboxylic acids is 1. The van der Waals surface area contributed by atoms with Crippen LogP contribution in [0.15, 0.2) is 0 Å². The molecule has 0 aliphatic heterocycles. The summed E-state index contributed by atoms with van der Waals surface area (Å²) < 4.78 is 8.89. The van der Waals surface area contributed by atoms with Gasteiger partial charge in [-0.2, -0.15) is 0 Å². The summed E-state index contributed by atoms with van der Waals surface area (Å²) in [5, 5.41) is 8.39. The molecule has 0 spiro atoms. The van der Waals surface area contributed by atoms with Crippen LogP contribution in [0, 0.1) is 0 Å². The van der Waals surface area contributed by atoms with Crippen molar-refractivity contribution in [2.24, 2.45) is 0 Å². The zero-order valence-corrected chi connectivity index (χ0v) is 12.2. The average Bonchev–Trinajstić information content (AvgIpc) is 2.22. The summed E-state index contributed by atoms with van der Waals surface area (Å²) in [5.41, 5.74) is 0. The Kier molecular flexibility index (Phi) is 8.00. The molecule has 0 aromatic heterocycles. The molecule has 19 heavy (non-hydrogen) atoms. The number of carbonyl (C=O) groups is 2. The predicted molar refractivity (Wildman–Crippen MR) is 64.6 cm³/mol. The van der Waals surface area contributed by atoms with Gasteiger partial charge in [-0.3, -0.25) is 9.59 Å². The van der Waals surface area contributed by atoms with Crippen molar-refractivity contribution in [2.75, 3.05) is 6.61 Å². The van der Waals surface area contributed by atoms with Crippen molar-refractivity contribution in [3.05, 3.63) is 0 Å². The molecule has 0 amide bonds. The number of ether oxygens (including phenoxy) is 1. The van der Waals surface area contributed by atoms with Crippen LogP contribution in [-0.4, -0.2) is 60.9 Å². The summed E-state index contributed by atoms with van der Waals surface area (Å²) in [5.74, 6) is -1.09. The van der Waals surface area contributed by atoms with Gasteiger partial charge in [-0.05, 0) is 12.8 Å². The Labute approximate surface area is 111 Å². The molecule has 0 radical (unpaired) electrons. The zero-order valence-electron chi connectivity index (χ0n) is 10.2. The second-order valence-electron chi connectivity index (χ2n) is 3.91. The Bertz CT molecular complexity index is 294. The molecule has 0 aliphatic carbocycles. The maximum atomic E-state index is 10.3. The van der Waals surface area contributed by atoms with E-state index in [1.807, 2.05) is 0 Å². The Morgan fingerprint density at radius 3 is 2.05 bits per heavy atom. The lowest BCUT2D eigenvalue weighted by molar-refractivity contribution is -0.137. The Morgan fingerprint density at radius 1 is 1.05 bits per heavy atom. The van der Waals surface area contributed by atoms with E-state index in [0.29, 0.717) is 0 Å². The normalized spacial score (nSPS) is 12.2. The topological polar surface area (TPSA) is 154 Å². The van der Waals surface area contributed by atoms with Crippen LogP contribution < -0.4 is 0 Å². The number of carboxylic acid groups (broad SMARTS) is 1. The van der Waals surface area contributed by atoms with Crippen LogP contribution in [0.1, 0.15) is 19.3 Å². The quantitative estimate of drug-likeness (QED) is 0.170. The van der Waals surface area contributed by atoms with Gasteiger partial charge in [0.1, 0.15) is 0 Å². The van der Waals surface area contributed by atoms with Crippen molar-refractivity contribution in [3.63, 3.8) is 0 Å². The summed E-state index contributed by atoms with van der Waals surface area (Å²) in [6.45, 7) is 0.176. The standard InChI is InChI=1S/C8H18O9Si2/c9-7-16-4-2-6-19(14,15)17-18(12,13)5-1-3-8(10)11/h7,12-15H,1-6H2,(H,10,11). The van der Waals surface area contributed by atoms with Gasteiger partial charge in [-0.1, -0.05) is 0 Å². The van der Waals surface area contributed by atoms with E-state index in [-0.39, 0.29) is 44.4 Å². The van der Waals surface area contributed by atoms with E-state index >= 15 is 0 Å². The van der Waals surface area contributed by atoms with E-state index in [1.165, 1.54) is 0 Å². The van der Waals surface area contributed by atoms with Crippen molar-refractivity contribution < 1.29 is 42.7 Å². The molecule has 0 saturated carbocycles. The number of rotatable bonds is 11. The molecule has 0 rings (SSSR count). The first kappa shape index (κ1) is 18.2. The van der Waals surface area contributed by atoms with Gasteiger partial charge in [-0.25, -0.2) is 0 Å². The van der Waals surface area contributed by atoms with Crippen molar-refractivity contribution in [1.82, 2.24) is 0 Å². The lowest BCUT2D eigenvalue weighted by Crippen LogP contribution is -2.53.